The number of morpholine rings is 1. The van der Waals surface area contributed by atoms with E-state index in [0.29, 0.717) is 5.41 Å². The smallest absolute Gasteiger partial charge is 0.109 e. The molecule has 1 spiro atoms. The Hall–Kier alpha value is -0.560. The Kier molecular flexibility index (Phi) is 4.35. The Balaban J connectivity index is 1.12. The number of rotatable bonds is 4. The SMILES string of the molecule is Cn1nc(C2CC2)cc1SN1CCC2(CC1)CC(N1CCOCC1)C2. The van der Waals surface area contributed by atoms with E-state index in [9.17, 15) is 0 Å². The molecule has 0 atom stereocenters. The third-order valence-corrected chi connectivity index (χ3v) is 7.95. The molecule has 0 N–H and O–H groups in total. The third-order valence-electron chi connectivity index (χ3n) is 6.76. The van der Waals surface area contributed by atoms with Gasteiger partial charge in [-0.2, -0.15) is 5.10 Å². The Morgan fingerprint density at radius 2 is 1.84 bits per heavy atom. The van der Waals surface area contributed by atoms with Crippen LogP contribution in [0.5, 0.6) is 0 Å². The van der Waals surface area contributed by atoms with Gasteiger partial charge in [-0.25, -0.2) is 4.31 Å². The lowest BCUT2D eigenvalue weighted by atomic mass is 9.60. The molecule has 4 aliphatic rings. The van der Waals surface area contributed by atoms with Crippen LogP contribution in [0.3, 0.4) is 0 Å². The molecule has 2 saturated heterocycles. The van der Waals surface area contributed by atoms with Gasteiger partial charge < -0.3 is 4.74 Å². The van der Waals surface area contributed by atoms with Crippen LogP contribution in [-0.4, -0.2) is 64.4 Å². The molecule has 0 aromatic carbocycles. The monoisotopic (exact) mass is 362 g/mol. The predicted octanol–water partition coefficient (Wildman–Crippen LogP) is 2.88. The van der Waals surface area contributed by atoms with Gasteiger partial charge in [0.05, 0.1) is 18.9 Å². The summed E-state index contributed by atoms with van der Waals surface area (Å²) in [5.41, 5.74) is 1.96. The second-order valence-corrected chi connectivity index (χ2v) is 9.65. The summed E-state index contributed by atoms with van der Waals surface area (Å²) >= 11 is 1.93. The lowest BCUT2D eigenvalue weighted by molar-refractivity contribution is -0.0664. The molecular weight excluding hydrogens is 332 g/mol. The zero-order valence-electron chi connectivity index (χ0n) is 15.3. The van der Waals surface area contributed by atoms with Crippen LogP contribution >= 0.6 is 11.9 Å². The summed E-state index contributed by atoms with van der Waals surface area (Å²) in [5.74, 6) is 0.747. The van der Waals surface area contributed by atoms with Crippen molar-refractivity contribution < 1.29 is 4.74 Å². The maximum Gasteiger partial charge on any atom is 0.109 e. The summed E-state index contributed by atoms with van der Waals surface area (Å²) in [4.78, 5) is 2.67. The molecule has 5 rings (SSSR count). The Bertz CT molecular complexity index is 607. The van der Waals surface area contributed by atoms with Crippen molar-refractivity contribution in [3.63, 3.8) is 0 Å². The van der Waals surface area contributed by atoms with Crippen LogP contribution in [0, 0.1) is 5.41 Å². The number of hydrogen-bond acceptors (Lipinski definition) is 5. The van der Waals surface area contributed by atoms with Gasteiger partial charge in [0.25, 0.3) is 0 Å². The van der Waals surface area contributed by atoms with Crippen molar-refractivity contribution in [2.24, 2.45) is 12.5 Å². The molecule has 1 aromatic rings. The highest BCUT2D eigenvalue weighted by Gasteiger charge is 2.48. The fourth-order valence-corrected chi connectivity index (χ4v) is 5.83. The van der Waals surface area contributed by atoms with Crippen molar-refractivity contribution in [1.82, 2.24) is 19.0 Å². The van der Waals surface area contributed by atoms with E-state index in [0.717, 1.165) is 38.3 Å². The van der Waals surface area contributed by atoms with Crippen LogP contribution in [0.25, 0.3) is 0 Å². The fraction of sp³-hybridized carbons (Fsp3) is 0.842. The quantitative estimate of drug-likeness (QED) is 0.769. The third kappa shape index (κ3) is 3.38. The zero-order chi connectivity index (χ0) is 16.9. The highest BCUT2D eigenvalue weighted by molar-refractivity contribution is 7.97. The van der Waals surface area contributed by atoms with Crippen LogP contribution in [0.15, 0.2) is 11.1 Å². The van der Waals surface area contributed by atoms with Gasteiger partial charge in [0.2, 0.25) is 0 Å². The molecule has 0 bridgehead atoms. The normalized spacial score (nSPS) is 28.4. The lowest BCUT2D eigenvalue weighted by Crippen LogP contribution is -2.56. The Morgan fingerprint density at radius 3 is 2.52 bits per heavy atom. The molecule has 3 heterocycles. The van der Waals surface area contributed by atoms with Crippen molar-refractivity contribution in [2.75, 3.05) is 39.4 Å². The van der Waals surface area contributed by atoms with Gasteiger partial charge in [-0.05, 0) is 62.0 Å². The summed E-state index contributed by atoms with van der Waals surface area (Å²) < 4.78 is 10.2. The summed E-state index contributed by atoms with van der Waals surface area (Å²) in [5, 5.41) is 6.03. The standard InChI is InChI=1S/C19H30N4OS/c1-21-18(12-17(20-21)15-2-3-15)25-23-6-4-19(5-7-23)13-16(14-19)22-8-10-24-11-9-22/h12,15-16H,2-11,13-14H2,1H3. The first-order chi connectivity index (χ1) is 12.2. The Labute approximate surface area is 155 Å². The minimum atomic E-state index is 0.645. The molecule has 2 aliphatic carbocycles. The van der Waals surface area contributed by atoms with Crippen molar-refractivity contribution in [1.29, 1.82) is 0 Å². The van der Waals surface area contributed by atoms with Crippen LogP contribution < -0.4 is 0 Å². The first-order valence-electron chi connectivity index (χ1n) is 9.99. The molecule has 0 unspecified atom stereocenters. The predicted molar refractivity (Wildman–Crippen MR) is 99.7 cm³/mol. The summed E-state index contributed by atoms with van der Waals surface area (Å²) in [6.07, 6.45) is 8.24. The van der Waals surface area contributed by atoms with E-state index in [-0.39, 0.29) is 0 Å². The molecule has 25 heavy (non-hydrogen) atoms. The van der Waals surface area contributed by atoms with E-state index in [1.165, 1.54) is 62.3 Å². The summed E-state index contributed by atoms with van der Waals surface area (Å²) in [7, 11) is 2.10. The van der Waals surface area contributed by atoms with Crippen LogP contribution in [0.2, 0.25) is 0 Å². The molecule has 2 saturated carbocycles. The molecule has 2 aliphatic heterocycles. The van der Waals surface area contributed by atoms with Crippen LogP contribution in [0.4, 0.5) is 0 Å². The van der Waals surface area contributed by atoms with Gasteiger partial charge in [0.15, 0.2) is 0 Å². The second kappa shape index (κ2) is 6.55. The molecule has 6 heteroatoms. The number of ether oxygens (including phenoxy) is 1. The average molecular weight is 363 g/mol. The van der Waals surface area contributed by atoms with E-state index in [4.69, 9.17) is 9.84 Å². The number of hydrogen-bond donors (Lipinski definition) is 0. The van der Waals surface area contributed by atoms with Crippen LogP contribution in [-0.2, 0) is 11.8 Å². The first-order valence-corrected chi connectivity index (χ1v) is 10.8. The second-order valence-electron chi connectivity index (χ2n) is 8.54. The highest BCUT2D eigenvalue weighted by atomic mass is 32.2. The maximum absolute atomic E-state index is 5.50. The molecular formula is C19H30N4OS. The molecule has 1 aromatic heterocycles. The van der Waals surface area contributed by atoms with Gasteiger partial charge in [0, 0.05) is 45.2 Å². The van der Waals surface area contributed by atoms with Crippen molar-refractivity contribution >= 4 is 11.9 Å². The zero-order valence-corrected chi connectivity index (χ0v) is 16.1. The number of nitrogens with zero attached hydrogens (tertiary/aromatic N) is 4. The average Bonchev–Trinajstić information content (AvgIpc) is 3.39. The van der Waals surface area contributed by atoms with E-state index in [1.54, 1.807) is 0 Å². The van der Waals surface area contributed by atoms with Gasteiger partial charge in [0.1, 0.15) is 5.03 Å². The maximum atomic E-state index is 5.50. The largest absolute Gasteiger partial charge is 0.379 e. The highest BCUT2D eigenvalue weighted by Crippen LogP contribution is 2.52. The summed E-state index contributed by atoms with van der Waals surface area (Å²) in [6, 6.07) is 3.16. The minimum Gasteiger partial charge on any atom is -0.379 e. The van der Waals surface area contributed by atoms with E-state index < -0.39 is 0 Å². The van der Waals surface area contributed by atoms with Crippen molar-refractivity contribution in [3.05, 3.63) is 11.8 Å². The van der Waals surface area contributed by atoms with Gasteiger partial charge >= 0.3 is 0 Å². The number of piperidine rings is 1. The number of aromatic nitrogens is 2. The molecule has 138 valence electrons. The molecule has 0 radical (unpaired) electrons. The van der Waals surface area contributed by atoms with Gasteiger partial charge in [-0.1, -0.05) is 0 Å². The fourth-order valence-electron chi connectivity index (χ4n) is 4.87. The first kappa shape index (κ1) is 16.6. The van der Waals surface area contributed by atoms with Gasteiger partial charge in [-0.3, -0.25) is 9.58 Å². The number of aryl methyl sites for hydroxylation is 1. The topological polar surface area (TPSA) is 33.5 Å². The van der Waals surface area contributed by atoms with Gasteiger partial charge in [-0.15, -0.1) is 0 Å². The van der Waals surface area contributed by atoms with E-state index in [1.807, 2.05) is 11.9 Å². The van der Waals surface area contributed by atoms with Crippen molar-refractivity contribution in [3.8, 4) is 0 Å². The molecule has 5 nitrogen and oxygen atoms in total. The Morgan fingerprint density at radius 1 is 1.12 bits per heavy atom. The van der Waals surface area contributed by atoms with E-state index in [2.05, 4.69) is 27.0 Å². The van der Waals surface area contributed by atoms with E-state index >= 15 is 0 Å². The molecule has 4 fully saturated rings. The summed E-state index contributed by atoms with van der Waals surface area (Å²) in [6.45, 7) is 6.61. The van der Waals surface area contributed by atoms with Crippen molar-refractivity contribution in [2.45, 2.75) is 55.5 Å². The minimum absolute atomic E-state index is 0.645. The van der Waals surface area contributed by atoms with Crippen LogP contribution in [0.1, 0.15) is 50.1 Å². The lowest BCUT2D eigenvalue weighted by Gasteiger charge is -2.55. The molecule has 0 amide bonds.